The average Bonchev–Trinajstić information content (AvgIpc) is 3.14. The van der Waals surface area contributed by atoms with E-state index in [4.69, 9.17) is 0 Å². The molecule has 0 atom stereocenters. The highest BCUT2D eigenvalue weighted by Gasteiger charge is 2.19. The Morgan fingerprint density at radius 1 is 1.00 bits per heavy atom. The topological polar surface area (TPSA) is 110 Å². The molecule has 27 heavy (non-hydrogen) atoms. The van der Waals surface area contributed by atoms with Gasteiger partial charge in [-0.25, -0.2) is 22.8 Å². The first-order valence-electron chi connectivity index (χ1n) is 8.36. The van der Waals surface area contributed by atoms with E-state index >= 15 is 0 Å². The summed E-state index contributed by atoms with van der Waals surface area (Å²) >= 11 is 0. The maximum Gasteiger partial charge on any atom is 0.242 e. The van der Waals surface area contributed by atoms with Crippen molar-refractivity contribution in [1.29, 1.82) is 0 Å². The van der Waals surface area contributed by atoms with Crippen LogP contribution in [-0.4, -0.2) is 36.8 Å². The number of para-hydroxylation sites is 1. The normalized spacial score (nSPS) is 11.9. The molecule has 0 saturated heterocycles. The summed E-state index contributed by atoms with van der Waals surface area (Å²) < 4.78 is 32.2. The number of hydrogen-bond donors (Lipinski definition) is 2. The minimum atomic E-state index is -3.73. The molecule has 2 aromatic heterocycles. The van der Waals surface area contributed by atoms with Gasteiger partial charge in [0.25, 0.3) is 0 Å². The van der Waals surface area contributed by atoms with Gasteiger partial charge in [-0.2, -0.15) is 0 Å². The van der Waals surface area contributed by atoms with Crippen LogP contribution < -0.4 is 10.0 Å². The first kappa shape index (κ1) is 17.4. The van der Waals surface area contributed by atoms with Crippen LogP contribution in [-0.2, 0) is 10.0 Å². The lowest BCUT2D eigenvalue weighted by Gasteiger charge is -2.11. The second-order valence-electron chi connectivity index (χ2n) is 6.06. The number of fused-ring (bicyclic) bond motifs is 2. The maximum absolute atomic E-state index is 12.5. The molecule has 2 heterocycles. The van der Waals surface area contributed by atoms with Crippen molar-refractivity contribution in [2.75, 3.05) is 18.4 Å². The summed E-state index contributed by atoms with van der Waals surface area (Å²) in [6.07, 6.45) is 0. The highest BCUT2D eigenvalue weighted by atomic mass is 32.2. The molecule has 2 N–H and O–H groups in total. The van der Waals surface area contributed by atoms with Crippen molar-refractivity contribution in [3.63, 3.8) is 0 Å². The van der Waals surface area contributed by atoms with Crippen molar-refractivity contribution in [2.24, 2.45) is 0 Å². The van der Waals surface area contributed by atoms with Gasteiger partial charge in [0.05, 0.1) is 5.52 Å². The largest absolute Gasteiger partial charge is 0.369 e. The van der Waals surface area contributed by atoms with Crippen LogP contribution in [0.3, 0.4) is 0 Å². The molecule has 0 radical (unpaired) electrons. The Bertz CT molecular complexity index is 1220. The predicted molar refractivity (Wildman–Crippen MR) is 102 cm³/mol. The molecule has 0 bridgehead atoms. The molecule has 0 saturated carbocycles. The standard InChI is InChI=1S/C18H17N5O3S/c1-12-11-13-5-2-3-6-14(13)21-18(12)19-9-10-20-27(24,25)16-8-4-7-15-17(16)23-26-22-15/h2-8,11,20H,9-10H2,1H3,(H,19,21). The van der Waals surface area contributed by atoms with Gasteiger partial charge in [0.1, 0.15) is 16.2 Å². The van der Waals surface area contributed by atoms with E-state index in [9.17, 15) is 8.42 Å². The van der Waals surface area contributed by atoms with E-state index in [0.29, 0.717) is 12.1 Å². The van der Waals surface area contributed by atoms with Gasteiger partial charge in [-0.05, 0) is 47.1 Å². The zero-order valence-corrected chi connectivity index (χ0v) is 15.3. The van der Waals surface area contributed by atoms with Crippen LogP contribution in [0.25, 0.3) is 21.9 Å². The van der Waals surface area contributed by atoms with Crippen LogP contribution in [0.5, 0.6) is 0 Å². The first-order valence-corrected chi connectivity index (χ1v) is 9.84. The summed E-state index contributed by atoms with van der Waals surface area (Å²) in [5.74, 6) is 0.732. The summed E-state index contributed by atoms with van der Waals surface area (Å²) in [6.45, 7) is 2.54. The van der Waals surface area contributed by atoms with Gasteiger partial charge in [-0.1, -0.05) is 24.3 Å². The van der Waals surface area contributed by atoms with Crippen LogP contribution in [0.4, 0.5) is 5.82 Å². The third kappa shape index (κ3) is 3.46. The van der Waals surface area contributed by atoms with Crippen LogP contribution in [0.1, 0.15) is 5.56 Å². The van der Waals surface area contributed by atoms with Gasteiger partial charge in [0.2, 0.25) is 10.0 Å². The molecular weight excluding hydrogens is 366 g/mol. The van der Waals surface area contributed by atoms with E-state index in [2.05, 4.69) is 30.0 Å². The molecule has 0 aliphatic rings. The van der Waals surface area contributed by atoms with Crippen molar-refractivity contribution in [3.8, 4) is 0 Å². The lowest BCUT2D eigenvalue weighted by atomic mass is 10.1. The quantitative estimate of drug-likeness (QED) is 0.492. The molecule has 9 heteroatoms. The number of pyridine rings is 1. The third-order valence-corrected chi connectivity index (χ3v) is 5.66. The molecule has 0 amide bonds. The fourth-order valence-corrected chi connectivity index (χ4v) is 4.02. The highest BCUT2D eigenvalue weighted by molar-refractivity contribution is 7.89. The van der Waals surface area contributed by atoms with Crippen LogP contribution >= 0.6 is 0 Å². The number of nitrogens with one attached hydrogen (secondary N) is 2. The minimum Gasteiger partial charge on any atom is -0.369 e. The second-order valence-corrected chi connectivity index (χ2v) is 7.79. The molecule has 4 aromatic rings. The monoisotopic (exact) mass is 383 g/mol. The number of benzene rings is 2. The van der Waals surface area contributed by atoms with E-state index < -0.39 is 10.0 Å². The van der Waals surface area contributed by atoms with E-state index in [1.54, 1.807) is 12.1 Å². The van der Waals surface area contributed by atoms with E-state index in [-0.39, 0.29) is 17.0 Å². The number of nitrogens with zero attached hydrogens (tertiary/aromatic N) is 3. The first-order chi connectivity index (χ1) is 13.0. The molecule has 0 aliphatic carbocycles. The molecule has 2 aromatic carbocycles. The van der Waals surface area contributed by atoms with Gasteiger partial charge in [-0.3, -0.25) is 0 Å². The Morgan fingerprint density at radius 3 is 2.70 bits per heavy atom. The number of hydrogen-bond acceptors (Lipinski definition) is 7. The van der Waals surface area contributed by atoms with Crippen molar-refractivity contribution < 1.29 is 13.0 Å². The molecule has 4 rings (SSSR count). The van der Waals surface area contributed by atoms with Crippen LogP contribution in [0, 0.1) is 6.92 Å². The summed E-state index contributed by atoms with van der Waals surface area (Å²) in [5.41, 5.74) is 2.49. The maximum atomic E-state index is 12.5. The van der Waals surface area contributed by atoms with Gasteiger partial charge < -0.3 is 5.32 Å². The number of sulfonamides is 1. The molecule has 0 aliphatic heterocycles. The Balaban J connectivity index is 1.44. The zero-order valence-electron chi connectivity index (χ0n) is 14.5. The Hall–Kier alpha value is -3.04. The molecular formula is C18H17N5O3S. The fourth-order valence-electron chi connectivity index (χ4n) is 2.84. The summed E-state index contributed by atoms with van der Waals surface area (Å²) in [4.78, 5) is 4.62. The van der Waals surface area contributed by atoms with E-state index in [1.165, 1.54) is 6.07 Å². The molecule has 0 unspecified atom stereocenters. The number of aryl methyl sites for hydroxylation is 1. The average molecular weight is 383 g/mol. The number of aromatic nitrogens is 3. The molecule has 0 fully saturated rings. The molecule has 0 spiro atoms. The van der Waals surface area contributed by atoms with Crippen LogP contribution in [0.15, 0.2) is 58.1 Å². The lowest BCUT2D eigenvalue weighted by Crippen LogP contribution is -2.29. The van der Waals surface area contributed by atoms with Crippen molar-refractivity contribution in [3.05, 3.63) is 54.1 Å². The lowest BCUT2D eigenvalue weighted by molar-refractivity contribution is 0.315. The van der Waals surface area contributed by atoms with Crippen molar-refractivity contribution in [2.45, 2.75) is 11.8 Å². The Kier molecular flexibility index (Phi) is 4.46. The molecule has 8 nitrogen and oxygen atoms in total. The third-order valence-electron chi connectivity index (χ3n) is 4.16. The highest BCUT2D eigenvalue weighted by Crippen LogP contribution is 2.20. The van der Waals surface area contributed by atoms with E-state index in [1.807, 2.05) is 37.3 Å². The summed E-state index contributed by atoms with van der Waals surface area (Å²) in [7, 11) is -3.73. The van der Waals surface area contributed by atoms with Gasteiger partial charge in [0, 0.05) is 18.5 Å². The predicted octanol–water partition coefficient (Wildman–Crippen LogP) is 2.47. The Morgan fingerprint density at radius 2 is 1.81 bits per heavy atom. The van der Waals surface area contributed by atoms with Crippen molar-refractivity contribution in [1.82, 2.24) is 20.0 Å². The second kappa shape index (κ2) is 6.93. The van der Waals surface area contributed by atoms with Gasteiger partial charge >= 0.3 is 0 Å². The van der Waals surface area contributed by atoms with Gasteiger partial charge in [-0.15, -0.1) is 0 Å². The molecule has 138 valence electrons. The Labute approximate surface area is 155 Å². The van der Waals surface area contributed by atoms with E-state index in [0.717, 1.165) is 22.3 Å². The minimum absolute atomic E-state index is 0.0428. The summed E-state index contributed by atoms with van der Waals surface area (Å²) in [6, 6.07) is 14.6. The van der Waals surface area contributed by atoms with Crippen LogP contribution in [0.2, 0.25) is 0 Å². The number of rotatable bonds is 6. The zero-order chi connectivity index (χ0) is 18.9. The SMILES string of the molecule is Cc1cc2ccccc2nc1NCCNS(=O)(=O)c1cccc2nonc12. The fraction of sp³-hybridized carbons (Fsp3) is 0.167. The number of anilines is 1. The van der Waals surface area contributed by atoms with Gasteiger partial charge in [0.15, 0.2) is 5.52 Å². The smallest absolute Gasteiger partial charge is 0.242 e. The van der Waals surface area contributed by atoms with Crippen molar-refractivity contribution >= 4 is 37.8 Å². The summed E-state index contributed by atoms with van der Waals surface area (Å²) in [5, 5.41) is 11.6.